The Labute approximate surface area is 137 Å². The lowest BCUT2D eigenvalue weighted by atomic mass is 9.95. The van der Waals surface area contributed by atoms with Gasteiger partial charge in [-0.3, -0.25) is 9.80 Å². The molecule has 0 amide bonds. The Balaban J connectivity index is 1.41. The number of fused-ring (bicyclic) bond motifs is 2. The van der Waals surface area contributed by atoms with Gasteiger partial charge in [0.1, 0.15) is 5.15 Å². The maximum atomic E-state index is 5.89. The first-order valence-corrected chi connectivity index (χ1v) is 8.85. The molecule has 0 radical (unpaired) electrons. The number of aromatic nitrogens is 1. The molecule has 4 heterocycles. The second kappa shape index (κ2) is 6.44. The van der Waals surface area contributed by atoms with Gasteiger partial charge < -0.3 is 4.74 Å². The topological polar surface area (TPSA) is 28.6 Å². The average Bonchev–Trinajstić information content (AvgIpc) is 2.79. The Bertz CT molecular complexity index is 489. The quantitative estimate of drug-likeness (QED) is 0.800. The summed E-state index contributed by atoms with van der Waals surface area (Å²) in [7, 11) is 0. The number of pyridine rings is 1. The molecular weight excluding hydrogens is 298 g/mol. The monoisotopic (exact) mass is 321 g/mol. The molecule has 0 N–H and O–H groups in total. The lowest BCUT2D eigenvalue weighted by Crippen LogP contribution is -2.52. The lowest BCUT2D eigenvalue weighted by Gasteiger charge is -2.44. The number of rotatable bonds is 3. The molecule has 1 aromatic heterocycles. The second-order valence-electron chi connectivity index (χ2n) is 6.82. The summed E-state index contributed by atoms with van der Waals surface area (Å²) in [6, 6.07) is 6.26. The van der Waals surface area contributed by atoms with Gasteiger partial charge in [0.05, 0.1) is 13.2 Å². The Morgan fingerprint density at radius 2 is 1.82 bits per heavy atom. The van der Waals surface area contributed by atoms with E-state index in [-0.39, 0.29) is 0 Å². The van der Waals surface area contributed by atoms with Crippen LogP contribution in [0.1, 0.15) is 31.2 Å². The van der Waals surface area contributed by atoms with Gasteiger partial charge in [-0.05, 0) is 37.3 Å². The predicted molar refractivity (Wildman–Crippen MR) is 87.0 cm³/mol. The van der Waals surface area contributed by atoms with Gasteiger partial charge in [0.2, 0.25) is 0 Å². The van der Waals surface area contributed by atoms with Crippen LogP contribution in [0.3, 0.4) is 0 Å². The highest BCUT2D eigenvalue weighted by Gasteiger charge is 2.42. The fraction of sp³-hybridized carbons (Fsp3) is 0.706. The highest BCUT2D eigenvalue weighted by molar-refractivity contribution is 6.29. The molecule has 3 aliphatic heterocycles. The Morgan fingerprint density at radius 1 is 1.09 bits per heavy atom. The zero-order valence-corrected chi connectivity index (χ0v) is 13.7. The molecule has 120 valence electrons. The summed E-state index contributed by atoms with van der Waals surface area (Å²) in [5.74, 6) is 0. The van der Waals surface area contributed by atoms with Crippen molar-refractivity contribution in [3.63, 3.8) is 0 Å². The van der Waals surface area contributed by atoms with Crippen LogP contribution in [-0.2, 0) is 11.3 Å². The normalized spacial score (nSPS) is 33.2. The number of halogens is 1. The van der Waals surface area contributed by atoms with E-state index in [2.05, 4.69) is 20.9 Å². The van der Waals surface area contributed by atoms with Crippen molar-refractivity contribution >= 4 is 11.6 Å². The molecule has 1 aromatic rings. The fourth-order valence-corrected chi connectivity index (χ4v) is 4.57. The highest BCUT2D eigenvalue weighted by Crippen LogP contribution is 2.38. The summed E-state index contributed by atoms with van der Waals surface area (Å²) in [6.45, 7) is 5.07. The average molecular weight is 322 g/mol. The number of nitrogens with zero attached hydrogens (tertiary/aromatic N) is 3. The molecule has 2 bridgehead atoms. The maximum absolute atomic E-state index is 5.89. The summed E-state index contributed by atoms with van der Waals surface area (Å²) in [5, 5.41) is 0.581. The number of hydrogen-bond donors (Lipinski definition) is 0. The van der Waals surface area contributed by atoms with Gasteiger partial charge in [-0.1, -0.05) is 17.7 Å². The van der Waals surface area contributed by atoms with Crippen LogP contribution in [0.4, 0.5) is 0 Å². The van der Waals surface area contributed by atoms with Crippen molar-refractivity contribution in [2.75, 3.05) is 26.3 Å². The van der Waals surface area contributed by atoms with Crippen molar-refractivity contribution in [3.8, 4) is 0 Å². The third kappa shape index (κ3) is 3.02. The summed E-state index contributed by atoms with van der Waals surface area (Å²) < 4.78 is 5.50. The maximum Gasteiger partial charge on any atom is 0.129 e. The van der Waals surface area contributed by atoms with Crippen molar-refractivity contribution in [1.29, 1.82) is 0 Å². The molecule has 3 saturated heterocycles. The summed E-state index contributed by atoms with van der Waals surface area (Å²) in [4.78, 5) is 9.59. The molecule has 2 unspecified atom stereocenters. The number of hydrogen-bond acceptors (Lipinski definition) is 4. The van der Waals surface area contributed by atoms with Gasteiger partial charge >= 0.3 is 0 Å². The van der Waals surface area contributed by atoms with Crippen molar-refractivity contribution in [3.05, 3.63) is 29.0 Å². The molecule has 2 atom stereocenters. The van der Waals surface area contributed by atoms with E-state index < -0.39 is 0 Å². The molecule has 4 nitrogen and oxygen atoms in total. The van der Waals surface area contributed by atoms with Gasteiger partial charge in [-0.15, -0.1) is 0 Å². The number of morpholine rings is 1. The van der Waals surface area contributed by atoms with Crippen LogP contribution in [0.2, 0.25) is 5.15 Å². The van der Waals surface area contributed by atoms with Crippen molar-refractivity contribution in [2.24, 2.45) is 0 Å². The minimum atomic E-state index is 0.581. The largest absolute Gasteiger partial charge is 0.379 e. The highest BCUT2D eigenvalue weighted by atomic mass is 35.5. The third-order valence-electron chi connectivity index (χ3n) is 5.58. The van der Waals surface area contributed by atoms with Crippen molar-refractivity contribution in [1.82, 2.24) is 14.8 Å². The van der Waals surface area contributed by atoms with Crippen LogP contribution in [0.5, 0.6) is 0 Å². The van der Waals surface area contributed by atoms with Crippen molar-refractivity contribution < 1.29 is 4.74 Å². The van der Waals surface area contributed by atoms with E-state index in [9.17, 15) is 0 Å². The summed E-state index contributed by atoms with van der Waals surface area (Å²) in [6.07, 6.45) is 7.27. The molecule has 5 heteroatoms. The van der Waals surface area contributed by atoms with Crippen LogP contribution >= 0.6 is 11.6 Å². The fourth-order valence-electron chi connectivity index (χ4n) is 4.46. The van der Waals surface area contributed by atoms with E-state index in [1.165, 1.54) is 31.2 Å². The number of ether oxygens (including phenoxy) is 1. The van der Waals surface area contributed by atoms with Crippen LogP contribution in [0.25, 0.3) is 0 Å². The SMILES string of the molecule is Clc1ccc(CN2C3CCC2CC(N2CCOCC2)C3)cn1. The third-order valence-corrected chi connectivity index (χ3v) is 5.80. The zero-order valence-electron chi connectivity index (χ0n) is 13.0. The van der Waals surface area contributed by atoms with Gasteiger partial charge in [0.15, 0.2) is 0 Å². The van der Waals surface area contributed by atoms with E-state index in [1.54, 1.807) is 0 Å². The molecule has 3 aliphatic rings. The lowest BCUT2D eigenvalue weighted by molar-refractivity contribution is -0.0140. The minimum Gasteiger partial charge on any atom is -0.379 e. The Hall–Kier alpha value is -0.680. The molecule has 0 aromatic carbocycles. The second-order valence-corrected chi connectivity index (χ2v) is 7.21. The first-order valence-electron chi connectivity index (χ1n) is 8.47. The molecule has 22 heavy (non-hydrogen) atoms. The van der Waals surface area contributed by atoms with Crippen LogP contribution in [0.15, 0.2) is 18.3 Å². The molecule has 0 spiro atoms. The molecule has 4 rings (SSSR count). The zero-order chi connectivity index (χ0) is 14.9. The Morgan fingerprint density at radius 3 is 2.45 bits per heavy atom. The van der Waals surface area contributed by atoms with E-state index >= 15 is 0 Å². The van der Waals surface area contributed by atoms with Crippen LogP contribution < -0.4 is 0 Å². The molecular formula is C17H24ClN3O. The minimum absolute atomic E-state index is 0.581. The van der Waals surface area contributed by atoms with E-state index in [4.69, 9.17) is 16.3 Å². The van der Waals surface area contributed by atoms with Gasteiger partial charge in [-0.25, -0.2) is 4.98 Å². The van der Waals surface area contributed by atoms with Gasteiger partial charge in [0.25, 0.3) is 0 Å². The van der Waals surface area contributed by atoms with E-state index in [0.29, 0.717) is 5.15 Å². The van der Waals surface area contributed by atoms with Crippen LogP contribution in [-0.4, -0.2) is 59.2 Å². The first-order chi connectivity index (χ1) is 10.8. The number of piperidine rings is 1. The van der Waals surface area contributed by atoms with Gasteiger partial charge in [-0.2, -0.15) is 0 Å². The van der Waals surface area contributed by atoms with E-state index in [0.717, 1.165) is 51.0 Å². The standard InChI is InChI=1S/C17H24ClN3O/c18-17-4-1-13(11-19-17)12-21-14-2-3-15(21)10-16(9-14)20-5-7-22-8-6-20/h1,4,11,14-16H,2-3,5-10,12H2. The molecule has 0 aliphatic carbocycles. The summed E-state index contributed by atoms with van der Waals surface area (Å²) >= 11 is 5.89. The van der Waals surface area contributed by atoms with Crippen LogP contribution in [0, 0.1) is 0 Å². The smallest absolute Gasteiger partial charge is 0.129 e. The van der Waals surface area contributed by atoms with Gasteiger partial charge in [0, 0.05) is 44.0 Å². The predicted octanol–water partition coefficient (Wildman–Crippen LogP) is 2.56. The Kier molecular flexibility index (Phi) is 4.36. The summed E-state index contributed by atoms with van der Waals surface area (Å²) in [5.41, 5.74) is 1.28. The van der Waals surface area contributed by atoms with E-state index in [1.807, 2.05) is 12.3 Å². The van der Waals surface area contributed by atoms with Crippen molar-refractivity contribution in [2.45, 2.75) is 50.4 Å². The molecule has 3 fully saturated rings. The molecule has 0 saturated carbocycles. The first kappa shape index (κ1) is 14.9.